The van der Waals surface area contributed by atoms with Gasteiger partial charge in [-0.3, -0.25) is 4.79 Å². The first-order chi connectivity index (χ1) is 13.8. The SMILES string of the molecule is COc1ccc(CC(=O)N2CCCN(S(=O)(=O)c3cn(C)cn3)CC2)cc1OC. The molecule has 0 aliphatic carbocycles. The number of nitrogens with zero attached hydrogens (tertiary/aromatic N) is 4. The number of rotatable bonds is 6. The molecule has 0 bridgehead atoms. The highest BCUT2D eigenvalue weighted by Crippen LogP contribution is 2.28. The second-order valence-corrected chi connectivity index (χ2v) is 8.77. The summed E-state index contributed by atoms with van der Waals surface area (Å²) in [5.41, 5.74) is 0.815. The number of hydrogen-bond acceptors (Lipinski definition) is 6. The molecule has 10 heteroatoms. The van der Waals surface area contributed by atoms with Gasteiger partial charge in [0.2, 0.25) is 5.91 Å². The van der Waals surface area contributed by atoms with Crippen molar-refractivity contribution < 1.29 is 22.7 Å². The number of carbonyl (C=O) groups is 1. The molecule has 9 nitrogen and oxygen atoms in total. The van der Waals surface area contributed by atoms with E-state index in [-0.39, 0.29) is 23.9 Å². The van der Waals surface area contributed by atoms with Crippen LogP contribution in [0.4, 0.5) is 0 Å². The molecule has 1 amide bonds. The minimum atomic E-state index is -3.66. The van der Waals surface area contributed by atoms with Crippen molar-refractivity contribution >= 4 is 15.9 Å². The predicted octanol–water partition coefficient (Wildman–Crippen LogP) is 0.903. The molecule has 0 spiro atoms. The maximum Gasteiger partial charge on any atom is 0.262 e. The van der Waals surface area contributed by atoms with Crippen LogP contribution >= 0.6 is 0 Å². The summed E-state index contributed by atoms with van der Waals surface area (Å²) in [6, 6.07) is 5.38. The summed E-state index contributed by atoms with van der Waals surface area (Å²) < 4.78 is 39.1. The van der Waals surface area contributed by atoms with E-state index in [9.17, 15) is 13.2 Å². The van der Waals surface area contributed by atoms with Gasteiger partial charge in [-0.2, -0.15) is 4.31 Å². The third kappa shape index (κ3) is 4.70. The smallest absolute Gasteiger partial charge is 0.262 e. The lowest BCUT2D eigenvalue weighted by Gasteiger charge is -2.21. The second-order valence-electron chi connectivity index (χ2n) is 6.88. The standard InChI is InChI=1S/C19H26N4O5S/c1-21-13-18(20-14-21)29(25,26)23-8-4-7-22(9-10-23)19(24)12-15-5-6-16(27-2)17(11-15)28-3/h5-6,11,13-14H,4,7-10,12H2,1-3H3. The Labute approximate surface area is 170 Å². The summed E-state index contributed by atoms with van der Waals surface area (Å²) >= 11 is 0. The van der Waals surface area contributed by atoms with Crippen molar-refractivity contribution in [1.82, 2.24) is 18.8 Å². The van der Waals surface area contributed by atoms with E-state index < -0.39 is 10.0 Å². The molecule has 0 radical (unpaired) electrons. The Bertz CT molecular complexity index is 973. The average Bonchev–Trinajstić information content (AvgIpc) is 3.00. The van der Waals surface area contributed by atoms with Gasteiger partial charge in [-0.25, -0.2) is 13.4 Å². The van der Waals surface area contributed by atoms with Gasteiger partial charge in [0.1, 0.15) is 0 Å². The number of imidazole rings is 1. The highest BCUT2D eigenvalue weighted by Gasteiger charge is 2.29. The number of sulfonamides is 1. The summed E-state index contributed by atoms with van der Waals surface area (Å²) in [7, 11) is 1.18. The van der Waals surface area contributed by atoms with Gasteiger partial charge in [-0.15, -0.1) is 0 Å². The molecule has 2 heterocycles. The van der Waals surface area contributed by atoms with Crippen LogP contribution in [-0.4, -0.2) is 73.5 Å². The molecule has 1 saturated heterocycles. The van der Waals surface area contributed by atoms with Crippen LogP contribution in [-0.2, 0) is 28.3 Å². The highest BCUT2D eigenvalue weighted by atomic mass is 32.2. The lowest BCUT2D eigenvalue weighted by Crippen LogP contribution is -2.38. The van der Waals surface area contributed by atoms with Gasteiger partial charge < -0.3 is 18.9 Å². The first-order valence-electron chi connectivity index (χ1n) is 9.32. The minimum Gasteiger partial charge on any atom is -0.493 e. The molecule has 1 aromatic carbocycles. The van der Waals surface area contributed by atoms with Crippen molar-refractivity contribution in [2.24, 2.45) is 7.05 Å². The molecule has 2 aromatic rings. The number of aryl methyl sites for hydroxylation is 1. The van der Waals surface area contributed by atoms with E-state index in [2.05, 4.69) is 4.98 Å². The Morgan fingerprint density at radius 1 is 1.10 bits per heavy atom. The fraction of sp³-hybridized carbons (Fsp3) is 0.474. The second kappa shape index (κ2) is 8.83. The Hall–Kier alpha value is -2.59. The molecule has 0 N–H and O–H groups in total. The van der Waals surface area contributed by atoms with E-state index in [0.29, 0.717) is 37.6 Å². The molecule has 158 valence electrons. The van der Waals surface area contributed by atoms with Crippen molar-refractivity contribution in [2.75, 3.05) is 40.4 Å². The normalized spacial score (nSPS) is 15.8. The van der Waals surface area contributed by atoms with Crippen molar-refractivity contribution in [1.29, 1.82) is 0 Å². The number of benzene rings is 1. The van der Waals surface area contributed by atoms with Gasteiger partial charge in [0.05, 0.1) is 27.0 Å². The first kappa shape index (κ1) is 21.1. The number of hydrogen-bond donors (Lipinski definition) is 0. The van der Waals surface area contributed by atoms with Crippen LogP contribution in [0, 0.1) is 0 Å². The molecule has 1 aliphatic heterocycles. The van der Waals surface area contributed by atoms with Crippen molar-refractivity contribution in [3.8, 4) is 11.5 Å². The van der Waals surface area contributed by atoms with E-state index in [4.69, 9.17) is 9.47 Å². The van der Waals surface area contributed by atoms with Crippen molar-refractivity contribution in [3.05, 3.63) is 36.3 Å². The Morgan fingerprint density at radius 2 is 1.86 bits per heavy atom. The summed E-state index contributed by atoms with van der Waals surface area (Å²) in [6.45, 7) is 1.47. The quantitative estimate of drug-likeness (QED) is 0.687. The van der Waals surface area contributed by atoms with E-state index in [1.54, 1.807) is 42.9 Å². The van der Waals surface area contributed by atoms with Gasteiger partial charge >= 0.3 is 0 Å². The third-order valence-corrected chi connectivity index (χ3v) is 6.68. The summed E-state index contributed by atoms with van der Waals surface area (Å²) in [5.74, 6) is 1.13. The highest BCUT2D eigenvalue weighted by molar-refractivity contribution is 7.89. The Kier molecular flexibility index (Phi) is 6.43. The van der Waals surface area contributed by atoms with Crippen molar-refractivity contribution in [2.45, 2.75) is 17.9 Å². The molecule has 0 unspecified atom stereocenters. The van der Waals surface area contributed by atoms with Crippen molar-refractivity contribution in [3.63, 3.8) is 0 Å². The van der Waals surface area contributed by atoms with Gasteiger partial charge in [-0.05, 0) is 24.1 Å². The molecular formula is C19H26N4O5S. The van der Waals surface area contributed by atoms with Gasteiger partial charge in [0.15, 0.2) is 16.5 Å². The molecular weight excluding hydrogens is 396 g/mol. The van der Waals surface area contributed by atoms with Crippen LogP contribution < -0.4 is 9.47 Å². The van der Waals surface area contributed by atoms with Crippen LogP contribution in [0.1, 0.15) is 12.0 Å². The average molecular weight is 423 g/mol. The maximum absolute atomic E-state index is 12.8. The van der Waals surface area contributed by atoms with Crippen LogP contribution in [0.15, 0.2) is 35.7 Å². The predicted molar refractivity (Wildman–Crippen MR) is 106 cm³/mol. The zero-order valence-electron chi connectivity index (χ0n) is 16.9. The molecule has 1 aliphatic rings. The molecule has 1 fully saturated rings. The van der Waals surface area contributed by atoms with Crippen LogP contribution in [0.25, 0.3) is 0 Å². The third-order valence-electron chi connectivity index (χ3n) is 4.90. The molecule has 29 heavy (non-hydrogen) atoms. The number of methoxy groups -OCH3 is 2. The van der Waals surface area contributed by atoms with Gasteiger partial charge in [0, 0.05) is 39.4 Å². The minimum absolute atomic E-state index is 0.0325. The van der Waals surface area contributed by atoms with E-state index >= 15 is 0 Å². The Balaban J connectivity index is 1.65. The summed E-state index contributed by atoms with van der Waals surface area (Å²) in [4.78, 5) is 18.5. The summed E-state index contributed by atoms with van der Waals surface area (Å²) in [6.07, 6.45) is 3.74. The first-order valence-corrected chi connectivity index (χ1v) is 10.8. The fourth-order valence-electron chi connectivity index (χ4n) is 3.31. The lowest BCUT2D eigenvalue weighted by atomic mass is 10.1. The topological polar surface area (TPSA) is 94.0 Å². The number of aromatic nitrogens is 2. The largest absolute Gasteiger partial charge is 0.493 e. The zero-order valence-corrected chi connectivity index (χ0v) is 17.7. The van der Waals surface area contributed by atoms with E-state index in [0.717, 1.165) is 5.56 Å². The molecule has 3 rings (SSSR count). The maximum atomic E-state index is 12.8. The number of carbonyl (C=O) groups excluding carboxylic acids is 1. The molecule has 0 saturated carbocycles. The van der Waals surface area contributed by atoms with Crippen LogP contribution in [0.3, 0.4) is 0 Å². The monoisotopic (exact) mass is 422 g/mol. The number of ether oxygens (including phenoxy) is 2. The van der Waals surface area contributed by atoms with Crippen LogP contribution in [0.5, 0.6) is 11.5 Å². The fourth-order valence-corrected chi connectivity index (χ4v) is 4.75. The van der Waals surface area contributed by atoms with Gasteiger partial charge in [0.25, 0.3) is 10.0 Å². The lowest BCUT2D eigenvalue weighted by molar-refractivity contribution is -0.130. The van der Waals surface area contributed by atoms with E-state index in [1.165, 1.54) is 16.8 Å². The zero-order chi connectivity index (χ0) is 21.0. The Morgan fingerprint density at radius 3 is 2.52 bits per heavy atom. The molecule has 1 aromatic heterocycles. The van der Waals surface area contributed by atoms with Gasteiger partial charge in [-0.1, -0.05) is 6.07 Å². The molecule has 0 atom stereocenters. The van der Waals surface area contributed by atoms with E-state index in [1.807, 2.05) is 6.07 Å². The van der Waals surface area contributed by atoms with Crippen LogP contribution in [0.2, 0.25) is 0 Å². The number of amides is 1. The summed E-state index contributed by atoms with van der Waals surface area (Å²) in [5, 5.41) is 0.0325.